The van der Waals surface area contributed by atoms with Gasteiger partial charge in [-0.25, -0.2) is 4.79 Å². The Morgan fingerprint density at radius 3 is 2.57 bits per heavy atom. The minimum absolute atomic E-state index is 0.134. The summed E-state index contributed by atoms with van der Waals surface area (Å²) in [5.74, 6) is -1.40. The lowest BCUT2D eigenvalue weighted by Gasteiger charge is -2.25. The van der Waals surface area contributed by atoms with Gasteiger partial charge in [-0.3, -0.25) is 19.4 Å². The molecule has 126 valence electrons. The molecule has 0 aromatic heterocycles. The van der Waals surface area contributed by atoms with Crippen molar-refractivity contribution in [2.75, 3.05) is 19.7 Å². The van der Waals surface area contributed by atoms with Gasteiger partial charge in [-0.15, -0.1) is 0 Å². The predicted octanol–water partition coefficient (Wildman–Crippen LogP) is 2.24. The van der Waals surface area contributed by atoms with Gasteiger partial charge in [-0.1, -0.05) is 11.6 Å². The van der Waals surface area contributed by atoms with Crippen molar-refractivity contribution in [1.29, 1.82) is 0 Å². The second kappa shape index (κ2) is 7.25. The molecule has 1 unspecified atom stereocenters. The van der Waals surface area contributed by atoms with Gasteiger partial charge in [0.2, 0.25) is 0 Å². The molecule has 1 atom stereocenters. The number of allylic oxidation sites excluding steroid dienone is 1. The topological polar surface area (TPSA) is 66.9 Å². The largest absolute Gasteiger partial charge is 0.376 e. The average Bonchev–Trinajstić information content (AvgIpc) is 2.79. The minimum Gasteiger partial charge on any atom is -0.376 e. The Morgan fingerprint density at radius 1 is 1.04 bits per heavy atom. The number of hydrogen-bond acceptors (Lipinski definition) is 4. The maximum atomic E-state index is 12.4. The fourth-order valence-corrected chi connectivity index (χ4v) is 3.45. The predicted molar refractivity (Wildman–Crippen MR) is 83.6 cm³/mol. The van der Waals surface area contributed by atoms with E-state index in [-0.39, 0.29) is 12.6 Å². The zero-order valence-electron chi connectivity index (χ0n) is 13.5. The molecule has 2 saturated heterocycles. The lowest BCUT2D eigenvalue weighted by molar-refractivity contribution is -0.144. The molecule has 2 fully saturated rings. The SMILES string of the molecule is O=C1C(=O)N(CC2CCCCO2)C(=O)N1CCC1=CCCCC1. The summed E-state index contributed by atoms with van der Waals surface area (Å²) in [6, 6.07) is -0.481. The molecule has 0 aromatic rings. The molecular weight excluding hydrogens is 296 g/mol. The van der Waals surface area contributed by atoms with Crippen LogP contribution in [0.3, 0.4) is 0 Å². The molecule has 0 saturated carbocycles. The van der Waals surface area contributed by atoms with Crippen molar-refractivity contribution >= 4 is 17.8 Å². The number of nitrogens with zero attached hydrogens (tertiary/aromatic N) is 2. The second-order valence-corrected chi connectivity index (χ2v) is 6.50. The summed E-state index contributed by atoms with van der Waals surface area (Å²) in [7, 11) is 0. The highest BCUT2D eigenvalue weighted by Crippen LogP contribution is 2.23. The van der Waals surface area contributed by atoms with Crippen LogP contribution < -0.4 is 0 Å². The maximum absolute atomic E-state index is 12.4. The van der Waals surface area contributed by atoms with Crippen LogP contribution in [0.25, 0.3) is 0 Å². The molecular formula is C17H24N2O4. The van der Waals surface area contributed by atoms with Crippen molar-refractivity contribution in [2.45, 2.75) is 57.5 Å². The quantitative estimate of drug-likeness (QED) is 0.443. The lowest BCUT2D eigenvalue weighted by Crippen LogP contribution is -2.40. The molecule has 6 nitrogen and oxygen atoms in total. The van der Waals surface area contributed by atoms with Crippen molar-refractivity contribution in [3.8, 4) is 0 Å². The van der Waals surface area contributed by atoms with Crippen molar-refractivity contribution in [2.24, 2.45) is 0 Å². The van der Waals surface area contributed by atoms with Crippen molar-refractivity contribution in [1.82, 2.24) is 9.80 Å². The number of ether oxygens (including phenoxy) is 1. The van der Waals surface area contributed by atoms with Crippen molar-refractivity contribution in [3.63, 3.8) is 0 Å². The van der Waals surface area contributed by atoms with Gasteiger partial charge in [0.05, 0.1) is 12.6 Å². The van der Waals surface area contributed by atoms with Crippen LogP contribution in [0.4, 0.5) is 4.79 Å². The van der Waals surface area contributed by atoms with E-state index in [0.29, 0.717) is 19.6 Å². The van der Waals surface area contributed by atoms with E-state index in [0.717, 1.165) is 48.3 Å². The van der Waals surface area contributed by atoms with Gasteiger partial charge >= 0.3 is 17.8 Å². The van der Waals surface area contributed by atoms with E-state index in [9.17, 15) is 14.4 Å². The van der Waals surface area contributed by atoms with Crippen molar-refractivity contribution < 1.29 is 19.1 Å². The summed E-state index contributed by atoms with van der Waals surface area (Å²) in [4.78, 5) is 38.8. The highest BCUT2D eigenvalue weighted by atomic mass is 16.5. The molecule has 0 bridgehead atoms. The number of amides is 4. The van der Waals surface area contributed by atoms with E-state index in [4.69, 9.17) is 4.74 Å². The maximum Gasteiger partial charge on any atom is 0.334 e. The minimum atomic E-state index is -0.707. The summed E-state index contributed by atoms with van der Waals surface area (Å²) in [5.41, 5.74) is 1.29. The van der Waals surface area contributed by atoms with Crippen LogP contribution in [0.2, 0.25) is 0 Å². The Labute approximate surface area is 136 Å². The van der Waals surface area contributed by atoms with E-state index in [2.05, 4.69) is 6.08 Å². The van der Waals surface area contributed by atoms with Crippen LogP contribution in [-0.4, -0.2) is 53.4 Å². The number of urea groups is 1. The lowest BCUT2D eigenvalue weighted by atomic mass is 9.97. The Balaban J connectivity index is 1.58. The molecule has 3 rings (SSSR count). The Morgan fingerprint density at radius 2 is 1.87 bits per heavy atom. The molecule has 2 heterocycles. The van der Waals surface area contributed by atoms with Gasteiger partial charge in [0.15, 0.2) is 0 Å². The van der Waals surface area contributed by atoms with Crippen LogP contribution in [0.15, 0.2) is 11.6 Å². The van der Waals surface area contributed by atoms with Crippen LogP contribution in [0, 0.1) is 0 Å². The summed E-state index contributed by atoms with van der Waals surface area (Å²) in [6.07, 6.45) is 10.1. The van der Waals surface area contributed by atoms with E-state index in [1.54, 1.807) is 0 Å². The Kier molecular flexibility index (Phi) is 5.10. The molecule has 0 radical (unpaired) electrons. The van der Waals surface area contributed by atoms with Crippen LogP contribution in [0.5, 0.6) is 0 Å². The molecule has 4 amide bonds. The molecule has 6 heteroatoms. The van der Waals surface area contributed by atoms with Gasteiger partial charge < -0.3 is 4.74 Å². The molecule has 0 aromatic carbocycles. The first-order valence-electron chi connectivity index (χ1n) is 8.63. The fraction of sp³-hybridized carbons (Fsp3) is 0.706. The number of carbonyl (C=O) groups excluding carboxylic acids is 3. The molecule has 0 N–H and O–H groups in total. The van der Waals surface area contributed by atoms with Crippen molar-refractivity contribution in [3.05, 3.63) is 11.6 Å². The monoisotopic (exact) mass is 320 g/mol. The molecule has 23 heavy (non-hydrogen) atoms. The van der Waals surface area contributed by atoms with E-state index in [1.165, 1.54) is 12.0 Å². The highest BCUT2D eigenvalue weighted by molar-refractivity contribution is 6.44. The van der Waals surface area contributed by atoms with Crippen LogP contribution in [0.1, 0.15) is 51.4 Å². The first kappa shape index (κ1) is 16.2. The first-order valence-corrected chi connectivity index (χ1v) is 8.63. The fourth-order valence-electron chi connectivity index (χ4n) is 3.45. The average molecular weight is 320 g/mol. The molecule has 0 spiro atoms. The van der Waals surface area contributed by atoms with E-state index < -0.39 is 17.8 Å². The molecule has 2 aliphatic heterocycles. The zero-order chi connectivity index (χ0) is 16.2. The third kappa shape index (κ3) is 3.63. The van der Waals surface area contributed by atoms with Gasteiger partial charge in [0, 0.05) is 13.2 Å². The normalized spacial score (nSPS) is 26.0. The molecule has 3 aliphatic rings. The summed E-state index contributed by atoms with van der Waals surface area (Å²) in [6.45, 7) is 1.16. The van der Waals surface area contributed by atoms with E-state index >= 15 is 0 Å². The number of hydrogen-bond donors (Lipinski definition) is 0. The van der Waals surface area contributed by atoms with Gasteiger partial charge in [0.25, 0.3) is 0 Å². The Hall–Kier alpha value is -1.69. The summed E-state index contributed by atoms with van der Waals surface area (Å²) in [5, 5.41) is 0. The summed E-state index contributed by atoms with van der Waals surface area (Å²) >= 11 is 0. The van der Waals surface area contributed by atoms with Crippen LogP contribution in [-0.2, 0) is 14.3 Å². The highest BCUT2D eigenvalue weighted by Gasteiger charge is 2.45. The van der Waals surface area contributed by atoms with Gasteiger partial charge in [0.1, 0.15) is 0 Å². The third-order valence-electron chi connectivity index (χ3n) is 4.84. The second-order valence-electron chi connectivity index (χ2n) is 6.50. The van der Waals surface area contributed by atoms with Gasteiger partial charge in [-0.2, -0.15) is 0 Å². The zero-order valence-corrected chi connectivity index (χ0v) is 13.5. The summed E-state index contributed by atoms with van der Waals surface area (Å²) < 4.78 is 5.58. The smallest absolute Gasteiger partial charge is 0.334 e. The number of rotatable bonds is 5. The standard InChI is InChI=1S/C17H24N2O4/c20-15-16(21)19(12-14-8-4-5-11-23-14)17(22)18(15)10-9-13-6-2-1-3-7-13/h6,14H,1-5,7-12H2. The van der Waals surface area contributed by atoms with Gasteiger partial charge in [-0.05, 0) is 51.4 Å². The number of carbonyl (C=O) groups is 3. The van der Waals surface area contributed by atoms with E-state index in [1.807, 2.05) is 0 Å². The Bertz CT molecular complexity index is 523. The first-order chi connectivity index (χ1) is 11.2. The number of imide groups is 2. The molecule has 1 aliphatic carbocycles. The van der Waals surface area contributed by atoms with Crippen LogP contribution >= 0.6 is 0 Å². The third-order valence-corrected chi connectivity index (χ3v) is 4.84.